The summed E-state index contributed by atoms with van der Waals surface area (Å²) in [6.07, 6.45) is 1.07. The molecule has 3 aromatic rings. The molecule has 0 atom stereocenters. The lowest BCUT2D eigenvalue weighted by molar-refractivity contribution is 0.626. The predicted molar refractivity (Wildman–Crippen MR) is 96.5 cm³/mol. The highest BCUT2D eigenvalue weighted by atomic mass is 32.2. The maximum Gasteiger partial charge on any atom is 0.191 e. The topological polar surface area (TPSA) is 30.7 Å². The molecule has 0 fully saturated rings. The van der Waals surface area contributed by atoms with Gasteiger partial charge < -0.3 is 4.57 Å². The molecule has 0 spiro atoms. The first-order valence-corrected chi connectivity index (χ1v) is 8.93. The van der Waals surface area contributed by atoms with E-state index >= 15 is 0 Å². The minimum absolute atomic E-state index is 0.915. The van der Waals surface area contributed by atoms with Crippen LogP contribution in [0.3, 0.4) is 0 Å². The molecule has 0 saturated carbocycles. The number of hydrogen-bond acceptors (Lipinski definition) is 3. The van der Waals surface area contributed by atoms with Gasteiger partial charge in [-0.05, 0) is 18.9 Å². The Labute approximate surface area is 141 Å². The van der Waals surface area contributed by atoms with Crippen molar-refractivity contribution < 1.29 is 0 Å². The number of benzene rings is 2. The molecular formula is C19H21N3S. The van der Waals surface area contributed by atoms with E-state index in [0.717, 1.165) is 35.3 Å². The first-order valence-electron chi connectivity index (χ1n) is 7.95. The molecule has 0 saturated heterocycles. The van der Waals surface area contributed by atoms with E-state index in [1.165, 1.54) is 11.1 Å². The Bertz CT molecular complexity index is 765. The predicted octanol–water partition coefficient (Wildman–Crippen LogP) is 4.96. The second kappa shape index (κ2) is 7.47. The molecule has 0 aliphatic rings. The van der Waals surface area contributed by atoms with E-state index in [9.17, 15) is 0 Å². The summed E-state index contributed by atoms with van der Waals surface area (Å²) in [4.78, 5) is 0. The summed E-state index contributed by atoms with van der Waals surface area (Å²) in [6.45, 7) is 5.25. The molecule has 3 rings (SSSR count). The van der Waals surface area contributed by atoms with Gasteiger partial charge in [-0.15, -0.1) is 10.2 Å². The van der Waals surface area contributed by atoms with Crippen molar-refractivity contribution in [2.45, 2.75) is 37.7 Å². The summed E-state index contributed by atoms with van der Waals surface area (Å²) in [7, 11) is 0. The van der Waals surface area contributed by atoms with Crippen molar-refractivity contribution >= 4 is 11.8 Å². The van der Waals surface area contributed by atoms with Gasteiger partial charge in [0.25, 0.3) is 0 Å². The van der Waals surface area contributed by atoms with Crippen molar-refractivity contribution in [3.05, 3.63) is 65.7 Å². The zero-order chi connectivity index (χ0) is 16.1. The summed E-state index contributed by atoms with van der Waals surface area (Å²) in [5.41, 5.74) is 3.74. The highest BCUT2D eigenvalue weighted by Gasteiger charge is 2.13. The van der Waals surface area contributed by atoms with Crippen LogP contribution in [0, 0.1) is 6.92 Å². The van der Waals surface area contributed by atoms with Crippen molar-refractivity contribution in [3.63, 3.8) is 0 Å². The van der Waals surface area contributed by atoms with E-state index in [2.05, 4.69) is 65.0 Å². The van der Waals surface area contributed by atoms with E-state index in [0.29, 0.717) is 0 Å². The summed E-state index contributed by atoms with van der Waals surface area (Å²) in [6, 6.07) is 18.9. The molecule has 4 heteroatoms. The molecular weight excluding hydrogens is 302 g/mol. The van der Waals surface area contributed by atoms with E-state index in [-0.39, 0.29) is 0 Å². The number of nitrogens with zero attached hydrogens (tertiary/aromatic N) is 3. The second-order valence-corrected chi connectivity index (χ2v) is 6.54. The van der Waals surface area contributed by atoms with Gasteiger partial charge >= 0.3 is 0 Å². The van der Waals surface area contributed by atoms with Crippen LogP contribution >= 0.6 is 11.8 Å². The fourth-order valence-corrected chi connectivity index (χ4v) is 3.48. The van der Waals surface area contributed by atoms with E-state index in [4.69, 9.17) is 0 Å². The molecule has 1 heterocycles. The zero-order valence-corrected chi connectivity index (χ0v) is 14.4. The van der Waals surface area contributed by atoms with Crippen LogP contribution in [0.25, 0.3) is 11.4 Å². The molecule has 0 aliphatic heterocycles. The lowest BCUT2D eigenvalue weighted by Crippen LogP contribution is -2.01. The van der Waals surface area contributed by atoms with Gasteiger partial charge in [0.1, 0.15) is 0 Å². The van der Waals surface area contributed by atoms with Gasteiger partial charge in [0.2, 0.25) is 0 Å². The van der Waals surface area contributed by atoms with Crippen molar-refractivity contribution in [1.29, 1.82) is 0 Å². The lowest BCUT2D eigenvalue weighted by atomic mass is 10.2. The molecule has 3 nitrogen and oxygen atoms in total. The van der Waals surface area contributed by atoms with Crippen LogP contribution in [0.4, 0.5) is 0 Å². The fraction of sp³-hybridized carbons (Fsp3) is 0.263. The summed E-state index contributed by atoms with van der Waals surface area (Å²) in [5.74, 6) is 1.87. The lowest BCUT2D eigenvalue weighted by Gasteiger charge is -2.09. The number of hydrogen-bond donors (Lipinski definition) is 0. The Kier molecular flexibility index (Phi) is 5.13. The quantitative estimate of drug-likeness (QED) is 0.601. The molecule has 0 unspecified atom stereocenters. The Morgan fingerprint density at radius 1 is 1.00 bits per heavy atom. The molecule has 0 aliphatic carbocycles. The first-order chi connectivity index (χ1) is 11.3. The van der Waals surface area contributed by atoms with Gasteiger partial charge in [0, 0.05) is 17.9 Å². The molecule has 2 aromatic carbocycles. The van der Waals surface area contributed by atoms with Crippen LogP contribution in [-0.2, 0) is 12.3 Å². The monoisotopic (exact) mass is 323 g/mol. The maximum atomic E-state index is 4.43. The molecule has 118 valence electrons. The van der Waals surface area contributed by atoms with Gasteiger partial charge in [-0.1, -0.05) is 78.8 Å². The minimum atomic E-state index is 0.915. The largest absolute Gasteiger partial charge is 0.302 e. The second-order valence-electron chi connectivity index (χ2n) is 5.60. The van der Waals surface area contributed by atoms with Crippen molar-refractivity contribution in [3.8, 4) is 11.4 Å². The standard InChI is InChI=1S/C19H21N3S/c1-3-12-22-18(17-10-5-4-6-11-17)20-21-19(22)23-14-16-9-7-8-15(2)13-16/h4-11,13H,3,12,14H2,1-2H3. The molecule has 0 N–H and O–H groups in total. The number of thioether (sulfide) groups is 1. The van der Waals surface area contributed by atoms with Crippen LogP contribution in [0.15, 0.2) is 59.8 Å². The van der Waals surface area contributed by atoms with Crippen LogP contribution < -0.4 is 0 Å². The zero-order valence-electron chi connectivity index (χ0n) is 13.6. The third-order valence-corrected chi connectivity index (χ3v) is 4.68. The molecule has 0 amide bonds. The van der Waals surface area contributed by atoms with E-state index < -0.39 is 0 Å². The smallest absolute Gasteiger partial charge is 0.191 e. The Morgan fingerprint density at radius 3 is 2.57 bits per heavy atom. The highest BCUT2D eigenvalue weighted by molar-refractivity contribution is 7.98. The average molecular weight is 323 g/mol. The highest BCUT2D eigenvalue weighted by Crippen LogP contribution is 2.26. The van der Waals surface area contributed by atoms with Crippen LogP contribution in [0.2, 0.25) is 0 Å². The molecule has 0 bridgehead atoms. The maximum absolute atomic E-state index is 4.43. The third kappa shape index (κ3) is 3.82. The van der Waals surface area contributed by atoms with Gasteiger partial charge in [-0.3, -0.25) is 0 Å². The Balaban J connectivity index is 1.83. The Hall–Kier alpha value is -2.07. The van der Waals surface area contributed by atoms with Crippen LogP contribution in [0.5, 0.6) is 0 Å². The number of aryl methyl sites for hydroxylation is 1. The fourth-order valence-electron chi connectivity index (χ4n) is 2.57. The summed E-state index contributed by atoms with van der Waals surface area (Å²) >= 11 is 1.75. The Morgan fingerprint density at radius 2 is 1.83 bits per heavy atom. The normalized spacial score (nSPS) is 10.9. The SMILES string of the molecule is CCCn1c(SCc2cccc(C)c2)nnc1-c1ccccc1. The van der Waals surface area contributed by atoms with Crippen molar-refractivity contribution in [2.75, 3.05) is 0 Å². The van der Waals surface area contributed by atoms with Crippen molar-refractivity contribution in [2.24, 2.45) is 0 Å². The number of rotatable bonds is 6. The third-order valence-electron chi connectivity index (χ3n) is 3.65. The van der Waals surface area contributed by atoms with Gasteiger partial charge in [-0.25, -0.2) is 0 Å². The van der Waals surface area contributed by atoms with Gasteiger partial charge in [-0.2, -0.15) is 0 Å². The summed E-state index contributed by atoms with van der Waals surface area (Å²) < 4.78 is 2.23. The van der Waals surface area contributed by atoms with E-state index in [1.54, 1.807) is 11.8 Å². The minimum Gasteiger partial charge on any atom is -0.302 e. The van der Waals surface area contributed by atoms with Crippen LogP contribution in [-0.4, -0.2) is 14.8 Å². The van der Waals surface area contributed by atoms with E-state index in [1.807, 2.05) is 18.2 Å². The first kappa shape index (κ1) is 15.8. The number of aromatic nitrogens is 3. The molecule has 23 heavy (non-hydrogen) atoms. The van der Waals surface area contributed by atoms with Crippen molar-refractivity contribution in [1.82, 2.24) is 14.8 Å². The van der Waals surface area contributed by atoms with Gasteiger partial charge in [0.05, 0.1) is 0 Å². The van der Waals surface area contributed by atoms with Gasteiger partial charge in [0.15, 0.2) is 11.0 Å². The molecule has 1 aromatic heterocycles. The molecule has 0 radical (unpaired) electrons. The summed E-state index contributed by atoms with van der Waals surface area (Å²) in [5, 5.41) is 9.84. The average Bonchev–Trinajstić information content (AvgIpc) is 2.97. The van der Waals surface area contributed by atoms with Crippen LogP contribution in [0.1, 0.15) is 24.5 Å².